The maximum absolute atomic E-state index is 3.70. The van der Waals surface area contributed by atoms with Gasteiger partial charge in [-0.2, -0.15) is 0 Å². The van der Waals surface area contributed by atoms with Crippen molar-refractivity contribution in [1.82, 2.24) is 4.57 Å². The molecule has 0 saturated carbocycles. The molecule has 0 atom stereocenters. The number of fused-ring (bicyclic) bond motifs is 7. The summed E-state index contributed by atoms with van der Waals surface area (Å²) in [4.78, 5) is 2.61. The van der Waals surface area contributed by atoms with Crippen molar-refractivity contribution in [3.63, 3.8) is 0 Å². The lowest BCUT2D eigenvalue weighted by atomic mass is 9.94. The van der Waals surface area contributed by atoms with Gasteiger partial charge < -0.3 is 4.57 Å². The Morgan fingerprint density at radius 3 is 1.51 bits per heavy atom. The Balaban J connectivity index is 1.64. The number of nitrogens with zero attached hydrogens (tertiary/aromatic N) is 1. The van der Waals surface area contributed by atoms with Crippen LogP contribution in [-0.4, -0.2) is 4.57 Å². The number of hydrogen-bond donors (Lipinski definition) is 0. The van der Waals surface area contributed by atoms with Gasteiger partial charge in [-0.05, 0) is 96.2 Å². The number of aromatic nitrogens is 1. The molecule has 1 nitrogen and oxygen atoms in total. The van der Waals surface area contributed by atoms with Gasteiger partial charge in [-0.15, -0.1) is 22.7 Å². The highest BCUT2D eigenvalue weighted by atomic mass is 79.9. The van der Waals surface area contributed by atoms with Gasteiger partial charge in [0.1, 0.15) is 0 Å². The number of thiophene rings is 2. The first-order chi connectivity index (χ1) is 19.1. The van der Waals surface area contributed by atoms with Crippen LogP contribution in [0.5, 0.6) is 0 Å². The first-order valence-corrected chi connectivity index (χ1v) is 16.8. The Morgan fingerprint density at radius 2 is 1.08 bits per heavy atom. The van der Waals surface area contributed by atoms with Gasteiger partial charge >= 0.3 is 0 Å². The summed E-state index contributed by atoms with van der Waals surface area (Å²) in [6, 6.07) is 31.7. The van der Waals surface area contributed by atoms with Gasteiger partial charge in [0.05, 0.1) is 18.6 Å². The SMILES string of the molecule is CCCCCCn1c2cc(-c3ccc(Br)s3)c3ccccc3c2c2c3ccccc3c(-c3ccc(Br)s3)cc21. The second-order valence-electron chi connectivity index (χ2n) is 10.1. The van der Waals surface area contributed by atoms with E-state index in [1.165, 1.54) is 97.5 Å². The monoisotopic (exact) mass is 671 g/mol. The van der Waals surface area contributed by atoms with Crippen LogP contribution in [0.4, 0.5) is 0 Å². The highest BCUT2D eigenvalue weighted by Crippen LogP contribution is 2.47. The van der Waals surface area contributed by atoms with Crippen LogP contribution < -0.4 is 0 Å². The molecule has 0 radical (unpaired) electrons. The number of halogens is 2. The van der Waals surface area contributed by atoms with Crippen molar-refractivity contribution in [2.24, 2.45) is 0 Å². The van der Waals surface area contributed by atoms with Crippen LogP contribution in [0.3, 0.4) is 0 Å². The van der Waals surface area contributed by atoms with E-state index in [-0.39, 0.29) is 0 Å². The summed E-state index contributed by atoms with van der Waals surface area (Å²) in [5.74, 6) is 0. The molecule has 194 valence electrons. The molecule has 4 aromatic carbocycles. The Labute approximate surface area is 253 Å². The topological polar surface area (TPSA) is 4.93 Å². The third kappa shape index (κ3) is 4.39. The molecule has 0 aliphatic rings. The van der Waals surface area contributed by atoms with Gasteiger partial charge in [0.2, 0.25) is 0 Å². The highest BCUT2D eigenvalue weighted by molar-refractivity contribution is 9.11. The van der Waals surface area contributed by atoms with Crippen LogP contribution in [0.2, 0.25) is 0 Å². The van der Waals surface area contributed by atoms with Crippen LogP contribution >= 0.6 is 54.5 Å². The van der Waals surface area contributed by atoms with Gasteiger partial charge in [0.15, 0.2) is 0 Å². The van der Waals surface area contributed by atoms with E-state index < -0.39 is 0 Å². The quantitative estimate of drug-likeness (QED) is 0.148. The number of aryl methyl sites for hydroxylation is 1. The van der Waals surface area contributed by atoms with Crippen LogP contribution in [-0.2, 0) is 6.54 Å². The Hall–Kier alpha value is -2.44. The molecule has 39 heavy (non-hydrogen) atoms. The fourth-order valence-electron chi connectivity index (χ4n) is 6.07. The average Bonchev–Trinajstić information content (AvgIpc) is 3.67. The zero-order valence-electron chi connectivity index (χ0n) is 21.6. The van der Waals surface area contributed by atoms with Crippen LogP contribution in [0.25, 0.3) is 64.2 Å². The van der Waals surface area contributed by atoms with Crippen LogP contribution in [0.1, 0.15) is 32.6 Å². The molecule has 5 heteroatoms. The van der Waals surface area contributed by atoms with Gasteiger partial charge in [0.25, 0.3) is 0 Å². The first-order valence-electron chi connectivity index (χ1n) is 13.5. The van der Waals surface area contributed by atoms with Crippen molar-refractivity contribution in [3.8, 4) is 20.9 Å². The predicted octanol–water partition coefficient (Wildman–Crippen LogP) is 12.7. The van der Waals surface area contributed by atoms with E-state index in [9.17, 15) is 0 Å². The maximum atomic E-state index is 3.70. The number of unbranched alkanes of at least 4 members (excludes halogenated alkanes) is 3. The van der Waals surface area contributed by atoms with Gasteiger partial charge in [-0.1, -0.05) is 74.7 Å². The molecule has 0 unspecified atom stereocenters. The fourth-order valence-corrected chi connectivity index (χ4v) is 8.90. The van der Waals surface area contributed by atoms with Gasteiger partial charge in [-0.3, -0.25) is 0 Å². The Kier molecular flexibility index (Phi) is 6.88. The second kappa shape index (κ2) is 10.5. The minimum Gasteiger partial charge on any atom is -0.340 e. The molecule has 0 saturated heterocycles. The highest BCUT2D eigenvalue weighted by Gasteiger charge is 2.21. The van der Waals surface area contributed by atoms with Gasteiger partial charge in [-0.25, -0.2) is 0 Å². The summed E-state index contributed by atoms with van der Waals surface area (Å²) >= 11 is 11.0. The van der Waals surface area contributed by atoms with E-state index in [2.05, 4.69) is 128 Å². The second-order valence-corrected chi connectivity index (χ2v) is 15.1. The van der Waals surface area contributed by atoms with Gasteiger partial charge in [0, 0.05) is 38.2 Å². The number of hydrogen-bond acceptors (Lipinski definition) is 2. The molecular weight excluding hydrogens is 646 g/mol. The van der Waals surface area contributed by atoms with E-state index in [1.807, 2.05) is 22.7 Å². The molecule has 0 bridgehead atoms. The summed E-state index contributed by atoms with van der Waals surface area (Å²) in [5.41, 5.74) is 5.32. The van der Waals surface area contributed by atoms with E-state index in [4.69, 9.17) is 0 Å². The number of benzene rings is 4. The summed E-state index contributed by atoms with van der Waals surface area (Å²) in [6.45, 7) is 3.31. The summed E-state index contributed by atoms with van der Waals surface area (Å²) in [5, 5.41) is 8.07. The van der Waals surface area contributed by atoms with E-state index in [0.29, 0.717) is 0 Å². The molecular formula is C34H27Br2NS2. The van der Waals surface area contributed by atoms with Crippen molar-refractivity contribution in [1.29, 1.82) is 0 Å². The summed E-state index contributed by atoms with van der Waals surface area (Å²) < 4.78 is 4.95. The average molecular weight is 674 g/mol. The number of rotatable bonds is 7. The van der Waals surface area contributed by atoms with Crippen molar-refractivity contribution in [2.45, 2.75) is 39.2 Å². The van der Waals surface area contributed by atoms with Crippen molar-refractivity contribution in [2.75, 3.05) is 0 Å². The summed E-state index contributed by atoms with van der Waals surface area (Å²) in [7, 11) is 0. The summed E-state index contributed by atoms with van der Waals surface area (Å²) in [6.07, 6.45) is 4.98. The van der Waals surface area contributed by atoms with E-state index in [1.54, 1.807) is 0 Å². The van der Waals surface area contributed by atoms with E-state index in [0.717, 1.165) is 6.54 Å². The lowest BCUT2D eigenvalue weighted by Gasteiger charge is -2.11. The Morgan fingerprint density at radius 1 is 0.590 bits per heavy atom. The first kappa shape index (κ1) is 25.5. The standard InChI is InChI=1S/C34H27Br2NS2/c1-2-3-4-9-18-37-27-19-25(29-14-16-31(35)38-29)21-10-5-7-12-23(21)33(27)34-24-13-8-6-11-22(24)26(20-28(34)37)30-15-17-32(36)39-30/h5-8,10-17,19-20H,2-4,9,18H2,1H3. The van der Waals surface area contributed by atoms with Crippen molar-refractivity contribution in [3.05, 3.63) is 92.5 Å². The molecule has 3 heterocycles. The van der Waals surface area contributed by atoms with Crippen molar-refractivity contribution >= 4 is 97.9 Å². The minimum atomic E-state index is 1.03. The lowest BCUT2D eigenvalue weighted by Crippen LogP contribution is -1.98. The zero-order chi connectivity index (χ0) is 26.5. The zero-order valence-corrected chi connectivity index (χ0v) is 26.4. The van der Waals surface area contributed by atoms with E-state index >= 15 is 0 Å². The smallest absolute Gasteiger partial charge is 0.0705 e. The maximum Gasteiger partial charge on any atom is 0.0705 e. The normalized spacial score (nSPS) is 12.0. The molecule has 0 N–H and O–H groups in total. The predicted molar refractivity (Wildman–Crippen MR) is 181 cm³/mol. The molecule has 0 aliphatic heterocycles. The largest absolute Gasteiger partial charge is 0.340 e. The lowest BCUT2D eigenvalue weighted by molar-refractivity contribution is 0.602. The molecule has 0 fully saturated rings. The molecule has 0 aliphatic carbocycles. The molecule has 0 spiro atoms. The molecule has 7 aromatic rings. The third-order valence-corrected chi connectivity index (χ3v) is 11.1. The minimum absolute atomic E-state index is 1.03. The molecule has 3 aromatic heterocycles. The third-order valence-electron chi connectivity index (χ3n) is 7.79. The van der Waals surface area contributed by atoms with Crippen molar-refractivity contribution < 1.29 is 0 Å². The van der Waals surface area contributed by atoms with Crippen LogP contribution in [0.15, 0.2) is 92.5 Å². The Bertz CT molecular complexity index is 1850. The molecule has 0 amide bonds. The fraction of sp³-hybridized carbons (Fsp3) is 0.176. The molecule has 7 rings (SSSR count). The van der Waals surface area contributed by atoms with Crippen LogP contribution in [0, 0.1) is 0 Å².